The lowest BCUT2D eigenvalue weighted by Crippen LogP contribution is -2.39. The molecule has 32 heavy (non-hydrogen) atoms. The molecule has 2 aliphatic rings. The van der Waals surface area contributed by atoms with E-state index in [2.05, 4.69) is 34.1 Å². The van der Waals surface area contributed by atoms with Crippen LogP contribution in [0.2, 0.25) is 0 Å². The van der Waals surface area contributed by atoms with E-state index in [4.69, 9.17) is 4.74 Å². The highest BCUT2D eigenvalue weighted by Gasteiger charge is 2.26. The number of benzene rings is 1. The maximum atomic E-state index is 13.2. The molecule has 0 unspecified atom stereocenters. The minimum Gasteiger partial charge on any atom is -0.486 e. The summed E-state index contributed by atoms with van der Waals surface area (Å²) in [7, 11) is -3.15. The van der Waals surface area contributed by atoms with Crippen molar-refractivity contribution in [2.45, 2.75) is 52.4 Å². The number of sulfonamides is 1. The molecular formula is C23H32N4O4S. The monoisotopic (exact) mass is 460 g/mol. The van der Waals surface area contributed by atoms with Crippen LogP contribution in [0.4, 0.5) is 0 Å². The fourth-order valence-corrected chi connectivity index (χ4v) is 5.44. The van der Waals surface area contributed by atoms with Gasteiger partial charge in [0.1, 0.15) is 5.82 Å². The molecule has 174 valence electrons. The first-order valence-corrected chi connectivity index (χ1v) is 13.0. The Bertz CT molecular complexity index is 1100. The van der Waals surface area contributed by atoms with Gasteiger partial charge in [-0.25, -0.2) is 17.7 Å². The van der Waals surface area contributed by atoms with E-state index in [0.29, 0.717) is 26.2 Å². The molecule has 0 aliphatic carbocycles. The van der Waals surface area contributed by atoms with Gasteiger partial charge in [0.25, 0.3) is 5.56 Å². The number of hydrogen-bond donors (Lipinski definition) is 0. The first-order valence-electron chi connectivity index (χ1n) is 11.2. The zero-order valence-corrected chi connectivity index (χ0v) is 19.8. The van der Waals surface area contributed by atoms with Crippen molar-refractivity contribution in [2.75, 3.05) is 26.0 Å². The topological polar surface area (TPSA) is 84.7 Å². The second-order valence-corrected chi connectivity index (χ2v) is 11.1. The zero-order valence-electron chi connectivity index (χ0n) is 19.0. The van der Waals surface area contributed by atoms with Gasteiger partial charge in [-0.1, -0.05) is 24.3 Å². The number of ether oxygens (including phenoxy) is 1. The van der Waals surface area contributed by atoms with Crippen LogP contribution in [0, 0.1) is 5.92 Å². The Morgan fingerprint density at radius 3 is 2.31 bits per heavy atom. The minimum absolute atomic E-state index is 0.0310. The molecule has 1 fully saturated rings. The lowest BCUT2D eigenvalue weighted by molar-refractivity contribution is 0.182. The average molecular weight is 461 g/mol. The summed E-state index contributed by atoms with van der Waals surface area (Å²) in [5.74, 6) is 1.23. The van der Waals surface area contributed by atoms with E-state index in [0.717, 1.165) is 31.8 Å². The van der Waals surface area contributed by atoms with Crippen LogP contribution in [0.5, 0.6) is 5.75 Å². The summed E-state index contributed by atoms with van der Waals surface area (Å²) < 4.78 is 32.5. The Labute approximate surface area is 189 Å². The van der Waals surface area contributed by atoms with Crippen LogP contribution in [0.3, 0.4) is 0 Å². The quantitative estimate of drug-likeness (QED) is 0.631. The summed E-state index contributed by atoms with van der Waals surface area (Å²) in [6.07, 6.45) is 4.25. The van der Waals surface area contributed by atoms with Crippen LogP contribution in [0.15, 0.2) is 35.3 Å². The lowest BCUT2D eigenvalue weighted by atomic mass is 9.99. The fourth-order valence-electron chi connectivity index (χ4n) is 4.57. The van der Waals surface area contributed by atoms with Gasteiger partial charge in [-0.2, -0.15) is 0 Å². The van der Waals surface area contributed by atoms with Crippen molar-refractivity contribution in [3.8, 4) is 5.75 Å². The molecular weight excluding hydrogens is 428 g/mol. The van der Waals surface area contributed by atoms with Crippen LogP contribution in [-0.4, -0.2) is 53.1 Å². The molecule has 3 heterocycles. The number of piperidine rings is 1. The van der Waals surface area contributed by atoms with Gasteiger partial charge >= 0.3 is 0 Å². The van der Waals surface area contributed by atoms with Gasteiger partial charge in [0, 0.05) is 32.2 Å². The van der Waals surface area contributed by atoms with Crippen molar-refractivity contribution in [2.24, 2.45) is 5.92 Å². The minimum atomic E-state index is -3.15. The predicted octanol–water partition coefficient (Wildman–Crippen LogP) is 2.39. The molecule has 2 aliphatic heterocycles. The van der Waals surface area contributed by atoms with Crippen LogP contribution < -0.4 is 10.3 Å². The molecule has 1 aromatic heterocycles. The average Bonchev–Trinajstić information content (AvgIpc) is 3.15. The predicted molar refractivity (Wildman–Crippen MR) is 123 cm³/mol. The van der Waals surface area contributed by atoms with E-state index >= 15 is 0 Å². The maximum absolute atomic E-state index is 13.2. The Morgan fingerprint density at radius 2 is 1.75 bits per heavy atom. The van der Waals surface area contributed by atoms with Crippen molar-refractivity contribution in [3.63, 3.8) is 0 Å². The molecule has 0 amide bonds. The third kappa shape index (κ3) is 5.05. The van der Waals surface area contributed by atoms with Gasteiger partial charge < -0.3 is 4.74 Å². The molecule has 0 atom stereocenters. The molecule has 1 aromatic carbocycles. The van der Waals surface area contributed by atoms with E-state index in [1.54, 1.807) is 10.8 Å². The number of hydrogen-bond acceptors (Lipinski definition) is 6. The van der Waals surface area contributed by atoms with Crippen LogP contribution in [0.1, 0.15) is 49.7 Å². The van der Waals surface area contributed by atoms with Gasteiger partial charge in [0.05, 0.1) is 25.6 Å². The Hall–Kier alpha value is -2.23. The second kappa shape index (κ2) is 9.33. The van der Waals surface area contributed by atoms with Gasteiger partial charge in [-0.15, -0.1) is 0 Å². The molecule has 8 nitrogen and oxygen atoms in total. The Morgan fingerprint density at radius 1 is 1.12 bits per heavy atom. The van der Waals surface area contributed by atoms with E-state index < -0.39 is 10.0 Å². The van der Waals surface area contributed by atoms with Crippen molar-refractivity contribution in [3.05, 3.63) is 57.8 Å². The van der Waals surface area contributed by atoms with Crippen molar-refractivity contribution in [1.29, 1.82) is 0 Å². The first-order chi connectivity index (χ1) is 15.2. The molecule has 0 radical (unpaired) electrons. The summed E-state index contributed by atoms with van der Waals surface area (Å²) in [6.45, 7) is 7.67. The Balaban J connectivity index is 1.42. The van der Waals surface area contributed by atoms with E-state index in [1.807, 2.05) is 13.8 Å². The van der Waals surface area contributed by atoms with Crippen LogP contribution >= 0.6 is 0 Å². The number of aromatic nitrogens is 2. The summed E-state index contributed by atoms with van der Waals surface area (Å²) in [5, 5.41) is 0. The highest BCUT2D eigenvalue weighted by atomic mass is 32.2. The second-order valence-electron chi connectivity index (χ2n) is 9.14. The molecule has 9 heteroatoms. The normalized spacial score (nSPS) is 18.2. The van der Waals surface area contributed by atoms with Gasteiger partial charge in [0.15, 0.2) is 0 Å². The standard InChI is InChI=1S/C23H32N4O4S/c1-17(2)27-22(15-25-13-19-6-4-5-7-20(19)14-25)24-12-21(23(27)28)31-16-18-8-10-26(11-9-18)32(3,29)30/h4-7,12,17-18H,8-11,13-16H2,1-3H3. The fraction of sp³-hybridized carbons (Fsp3) is 0.565. The van der Waals surface area contributed by atoms with Crippen LogP contribution in [0.25, 0.3) is 0 Å². The summed E-state index contributed by atoms with van der Waals surface area (Å²) in [5.41, 5.74) is 2.50. The lowest BCUT2D eigenvalue weighted by Gasteiger charge is -2.30. The van der Waals surface area contributed by atoms with Gasteiger partial charge in [-0.05, 0) is 43.7 Å². The van der Waals surface area contributed by atoms with E-state index in [9.17, 15) is 13.2 Å². The maximum Gasteiger partial charge on any atom is 0.296 e. The third-order valence-corrected chi connectivity index (χ3v) is 7.65. The molecule has 2 aromatic rings. The van der Waals surface area contributed by atoms with Crippen molar-refractivity contribution >= 4 is 10.0 Å². The molecule has 0 saturated carbocycles. The highest BCUT2D eigenvalue weighted by molar-refractivity contribution is 7.88. The zero-order chi connectivity index (χ0) is 22.9. The van der Waals surface area contributed by atoms with Crippen molar-refractivity contribution < 1.29 is 13.2 Å². The molecule has 1 saturated heterocycles. The first kappa shape index (κ1) is 22.9. The summed E-state index contributed by atoms with van der Waals surface area (Å²) in [4.78, 5) is 20.1. The number of fused-ring (bicyclic) bond motifs is 1. The largest absolute Gasteiger partial charge is 0.486 e. The van der Waals surface area contributed by atoms with Crippen molar-refractivity contribution in [1.82, 2.24) is 18.8 Å². The molecule has 0 N–H and O–H groups in total. The highest BCUT2D eigenvalue weighted by Crippen LogP contribution is 2.24. The van der Waals surface area contributed by atoms with Crippen LogP contribution in [-0.2, 0) is 29.7 Å². The summed E-state index contributed by atoms with van der Waals surface area (Å²) >= 11 is 0. The van der Waals surface area contributed by atoms with E-state index in [1.165, 1.54) is 21.7 Å². The Kier molecular flexibility index (Phi) is 6.69. The molecule has 4 rings (SSSR count). The SMILES string of the molecule is CC(C)n1c(CN2Cc3ccccc3C2)ncc(OCC2CCN(S(C)(=O)=O)CC2)c1=O. The van der Waals surface area contributed by atoms with Gasteiger partial charge in [-0.3, -0.25) is 14.3 Å². The van der Waals surface area contributed by atoms with Gasteiger partial charge in [0.2, 0.25) is 15.8 Å². The molecule has 0 spiro atoms. The third-order valence-electron chi connectivity index (χ3n) is 6.34. The number of nitrogens with zero attached hydrogens (tertiary/aromatic N) is 4. The van der Waals surface area contributed by atoms with E-state index in [-0.39, 0.29) is 23.3 Å². The number of rotatable bonds is 7. The summed E-state index contributed by atoms with van der Waals surface area (Å²) in [6, 6.07) is 8.38. The molecule has 0 bridgehead atoms. The smallest absolute Gasteiger partial charge is 0.296 e.